The van der Waals surface area contributed by atoms with E-state index in [9.17, 15) is 4.79 Å². The summed E-state index contributed by atoms with van der Waals surface area (Å²) in [5, 5.41) is 2.64. The first-order chi connectivity index (χ1) is 4.72. The summed E-state index contributed by atoms with van der Waals surface area (Å²) >= 11 is 0. The van der Waals surface area contributed by atoms with Gasteiger partial charge in [0, 0.05) is 26.7 Å². The van der Waals surface area contributed by atoms with E-state index in [2.05, 4.69) is 5.32 Å². The number of nitrogens with zero attached hydrogens (tertiary/aromatic N) is 1. The van der Waals surface area contributed by atoms with E-state index in [0.717, 1.165) is 6.54 Å². The lowest BCUT2D eigenvalue weighted by atomic mass is 10.6. The Bertz CT molecular complexity index is 105. The van der Waals surface area contributed by atoms with Gasteiger partial charge in [-0.2, -0.15) is 0 Å². The van der Waals surface area contributed by atoms with Gasteiger partial charge in [-0.3, -0.25) is 0 Å². The van der Waals surface area contributed by atoms with Crippen molar-refractivity contribution in [3.8, 4) is 0 Å². The zero-order valence-electron chi connectivity index (χ0n) is 6.55. The number of hydrogen-bond acceptors (Lipinski definition) is 2. The van der Waals surface area contributed by atoms with Gasteiger partial charge < -0.3 is 16.0 Å². The maximum absolute atomic E-state index is 10.9. The Morgan fingerprint density at radius 2 is 2.30 bits per heavy atom. The Balaban J connectivity index is 3.42. The van der Waals surface area contributed by atoms with Crippen LogP contribution in [0.25, 0.3) is 0 Å². The van der Waals surface area contributed by atoms with Crippen LogP contribution < -0.4 is 11.1 Å². The monoisotopic (exact) mass is 145 g/mol. The summed E-state index contributed by atoms with van der Waals surface area (Å²) < 4.78 is 0. The lowest BCUT2D eigenvalue weighted by Gasteiger charge is -2.14. The average molecular weight is 145 g/mol. The van der Waals surface area contributed by atoms with Crippen LogP contribution in [-0.4, -0.2) is 37.6 Å². The molecule has 0 aromatic carbocycles. The molecule has 10 heavy (non-hydrogen) atoms. The van der Waals surface area contributed by atoms with Gasteiger partial charge in [-0.05, 0) is 6.92 Å². The van der Waals surface area contributed by atoms with Crippen molar-refractivity contribution in [3.63, 3.8) is 0 Å². The number of nitrogens with one attached hydrogen (secondary N) is 1. The molecule has 0 rings (SSSR count). The van der Waals surface area contributed by atoms with Gasteiger partial charge in [-0.15, -0.1) is 0 Å². The van der Waals surface area contributed by atoms with Gasteiger partial charge in [0.2, 0.25) is 0 Å². The zero-order valence-corrected chi connectivity index (χ0v) is 6.55. The van der Waals surface area contributed by atoms with Gasteiger partial charge in [0.15, 0.2) is 0 Å². The first-order valence-corrected chi connectivity index (χ1v) is 3.41. The van der Waals surface area contributed by atoms with Crippen molar-refractivity contribution in [1.29, 1.82) is 0 Å². The van der Waals surface area contributed by atoms with Gasteiger partial charge in [-0.25, -0.2) is 4.79 Å². The molecule has 0 spiro atoms. The van der Waals surface area contributed by atoms with E-state index in [1.54, 1.807) is 11.9 Å². The van der Waals surface area contributed by atoms with Crippen LogP contribution in [0.2, 0.25) is 0 Å². The predicted molar refractivity (Wildman–Crippen MR) is 40.8 cm³/mol. The molecule has 0 atom stereocenters. The summed E-state index contributed by atoms with van der Waals surface area (Å²) in [6.45, 7) is 3.67. The first kappa shape index (κ1) is 9.23. The van der Waals surface area contributed by atoms with Crippen molar-refractivity contribution in [3.05, 3.63) is 0 Å². The van der Waals surface area contributed by atoms with E-state index >= 15 is 0 Å². The fraction of sp³-hybridized carbons (Fsp3) is 0.833. The standard InChI is InChI=1S/C6H15N3O/c1-3-9(2)6(10)8-5-4-7/h3-5,7H2,1-2H3,(H,8,10). The minimum atomic E-state index is -0.0621. The molecular weight excluding hydrogens is 130 g/mol. The maximum atomic E-state index is 10.9. The highest BCUT2D eigenvalue weighted by Crippen LogP contribution is 1.80. The Morgan fingerprint density at radius 1 is 1.70 bits per heavy atom. The lowest BCUT2D eigenvalue weighted by Crippen LogP contribution is -2.39. The molecule has 0 saturated carbocycles. The molecule has 60 valence electrons. The molecule has 3 N–H and O–H groups in total. The van der Waals surface area contributed by atoms with Crippen LogP contribution in [0.5, 0.6) is 0 Å². The van der Waals surface area contributed by atoms with Crippen molar-refractivity contribution in [1.82, 2.24) is 10.2 Å². The fourth-order valence-electron chi connectivity index (χ4n) is 0.458. The second-order valence-corrected chi connectivity index (χ2v) is 2.03. The van der Waals surface area contributed by atoms with E-state index < -0.39 is 0 Å². The fourth-order valence-corrected chi connectivity index (χ4v) is 0.458. The Morgan fingerprint density at radius 3 is 2.70 bits per heavy atom. The molecule has 4 heteroatoms. The van der Waals surface area contributed by atoms with Crippen LogP contribution >= 0.6 is 0 Å². The molecule has 0 heterocycles. The first-order valence-electron chi connectivity index (χ1n) is 3.41. The van der Waals surface area contributed by atoms with Gasteiger partial charge >= 0.3 is 6.03 Å². The Kier molecular flexibility index (Phi) is 4.66. The van der Waals surface area contributed by atoms with Gasteiger partial charge in [0.05, 0.1) is 0 Å². The highest BCUT2D eigenvalue weighted by Gasteiger charge is 2.02. The predicted octanol–water partition coefficient (Wildman–Crippen LogP) is -0.394. The van der Waals surface area contributed by atoms with E-state index in [-0.39, 0.29) is 6.03 Å². The van der Waals surface area contributed by atoms with Crippen molar-refractivity contribution in [2.24, 2.45) is 5.73 Å². The molecule has 0 saturated heterocycles. The number of carbonyl (C=O) groups is 1. The topological polar surface area (TPSA) is 58.4 Å². The summed E-state index contributed by atoms with van der Waals surface area (Å²) in [7, 11) is 1.74. The van der Waals surface area contributed by atoms with Crippen LogP contribution in [0.3, 0.4) is 0 Å². The van der Waals surface area contributed by atoms with Crippen LogP contribution in [0.15, 0.2) is 0 Å². The Labute approximate surface area is 61.4 Å². The minimum Gasteiger partial charge on any atom is -0.337 e. The molecule has 0 unspecified atom stereocenters. The van der Waals surface area contributed by atoms with Gasteiger partial charge in [0.25, 0.3) is 0 Å². The molecule has 0 aromatic rings. The minimum absolute atomic E-state index is 0.0621. The third kappa shape index (κ3) is 3.29. The SMILES string of the molecule is CCN(C)C(=O)NCCN. The van der Waals surface area contributed by atoms with Gasteiger partial charge in [0.1, 0.15) is 0 Å². The number of amides is 2. The second-order valence-electron chi connectivity index (χ2n) is 2.03. The number of nitrogens with two attached hydrogens (primary N) is 1. The molecular formula is C6H15N3O. The molecule has 0 aliphatic carbocycles. The summed E-state index contributed by atoms with van der Waals surface area (Å²) in [5.74, 6) is 0. The largest absolute Gasteiger partial charge is 0.337 e. The molecule has 0 radical (unpaired) electrons. The highest BCUT2D eigenvalue weighted by molar-refractivity contribution is 5.73. The number of hydrogen-bond donors (Lipinski definition) is 2. The highest BCUT2D eigenvalue weighted by atomic mass is 16.2. The molecule has 4 nitrogen and oxygen atoms in total. The van der Waals surface area contributed by atoms with E-state index in [1.165, 1.54) is 0 Å². The quantitative estimate of drug-likeness (QED) is 0.568. The molecule has 0 aliphatic rings. The second kappa shape index (κ2) is 5.05. The maximum Gasteiger partial charge on any atom is 0.317 e. The molecule has 0 bridgehead atoms. The van der Waals surface area contributed by atoms with Crippen LogP contribution in [0.1, 0.15) is 6.92 Å². The summed E-state index contributed by atoms with van der Waals surface area (Å²) in [5.41, 5.74) is 5.19. The Hall–Kier alpha value is -0.770. The molecule has 0 fully saturated rings. The third-order valence-electron chi connectivity index (χ3n) is 1.24. The summed E-state index contributed by atoms with van der Waals surface area (Å²) in [6.07, 6.45) is 0. The van der Waals surface area contributed by atoms with E-state index in [1.807, 2.05) is 6.92 Å². The van der Waals surface area contributed by atoms with Crippen molar-refractivity contribution >= 4 is 6.03 Å². The van der Waals surface area contributed by atoms with Crippen molar-refractivity contribution in [2.45, 2.75) is 6.92 Å². The van der Waals surface area contributed by atoms with Crippen molar-refractivity contribution < 1.29 is 4.79 Å². The zero-order chi connectivity index (χ0) is 7.98. The van der Waals surface area contributed by atoms with Crippen LogP contribution in [0.4, 0.5) is 4.79 Å². The van der Waals surface area contributed by atoms with Crippen LogP contribution in [-0.2, 0) is 0 Å². The lowest BCUT2D eigenvalue weighted by molar-refractivity contribution is 0.211. The van der Waals surface area contributed by atoms with Crippen LogP contribution in [0, 0.1) is 0 Å². The molecule has 0 aromatic heterocycles. The average Bonchev–Trinajstić information content (AvgIpc) is 1.98. The number of urea groups is 1. The smallest absolute Gasteiger partial charge is 0.317 e. The van der Waals surface area contributed by atoms with Gasteiger partial charge in [-0.1, -0.05) is 0 Å². The van der Waals surface area contributed by atoms with E-state index in [4.69, 9.17) is 5.73 Å². The van der Waals surface area contributed by atoms with E-state index in [0.29, 0.717) is 13.1 Å². The number of carbonyl (C=O) groups excluding carboxylic acids is 1. The van der Waals surface area contributed by atoms with Crippen molar-refractivity contribution in [2.75, 3.05) is 26.7 Å². The molecule has 2 amide bonds. The summed E-state index contributed by atoms with van der Waals surface area (Å²) in [6, 6.07) is -0.0621. The number of rotatable bonds is 3. The summed E-state index contributed by atoms with van der Waals surface area (Å²) in [4.78, 5) is 12.5. The third-order valence-corrected chi connectivity index (χ3v) is 1.24. The molecule has 0 aliphatic heterocycles. The normalized spacial score (nSPS) is 9.10.